The van der Waals surface area contributed by atoms with Gasteiger partial charge in [-0.1, -0.05) is 0 Å². The number of rotatable bonds is 2. The molecule has 2 unspecified atom stereocenters. The third kappa shape index (κ3) is 2.02. The molecule has 2 atom stereocenters. The first kappa shape index (κ1) is 11.7. The van der Waals surface area contributed by atoms with E-state index in [0.717, 1.165) is 31.0 Å². The standard InChI is InChI=1S/C13H21NO2/c1-9-7-12(10(2)16-9)13(3)8-11(14-4)5-6-15-13/h7,11,14H,5-6,8H2,1-4H3. The van der Waals surface area contributed by atoms with Crippen molar-refractivity contribution >= 4 is 0 Å². The zero-order chi connectivity index (χ0) is 11.8. The van der Waals surface area contributed by atoms with Gasteiger partial charge in [0.2, 0.25) is 0 Å². The molecule has 16 heavy (non-hydrogen) atoms. The van der Waals surface area contributed by atoms with Crippen molar-refractivity contribution in [3.8, 4) is 0 Å². The Morgan fingerprint density at radius 2 is 2.19 bits per heavy atom. The van der Waals surface area contributed by atoms with E-state index < -0.39 is 0 Å². The molecular weight excluding hydrogens is 202 g/mol. The predicted octanol–water partition coefficient (Wildman–Crippen LogP) is 2.51. The van der Waals surface area contributed by atoms with Crippen LogP contribution in [-0.2, 0) is 10.3 Å². The minimum atomic E-state index is -0.201. The molecule has 0 aliphatic carbocycles. The van der Waals surface area contributed by atoms with E-state index in [0.29, 0.717) is 6.04 Å². The van der Waals surface area contributed by atoms with Gasteiger partial charge in [0.15, 0.2) is 0 Å². The molecule has 1 aromatic rings. The maximum Gasteiger partial charge on any atom is 0.107 e. The van der Waals surface area contributed by atoms with Crippen LogP contribution in [0.3, 0.4) is 0 Å². The summed E-state index contributed by atoms with van der Waals surface area (Å²) in [7, 11) is 2.02. The van der Waals surface area contributed by atoms with Gasteiger partial charge in [0.05, 0.1) is 5.60 Å². The second-order valence-corrected chi connectivity index (χ2v) is 4.88. The van der Waals surface area contributed by atoms with Crippen molar-refractivity contribution in [1.82, 2.24) is 5.32 Å². The Hall–Kier alpha value is -0.800. The van der Waals surface area contributed by atoms with Crippen molar-refractivity contribution in [3.05, 3.63) is 23.2 Å². The summed E-state index contributed by atoms with van der Waals surface area (Å²) in [5.74, 6) is 1.95. The van der Waals surface area contributed by atoms with E-state index in [1.807, 2.05) is 20.9 Å². The fraction of sp³-hybridized carbons (Fsp3) is 0.692. The van der Waals surface area contributed by atoms with Gasteiger partial charge in [-0.3, -0.25) is 0 Å². The van der Waals surface area contributed by atoms with E-state index in [2.05, 4.69) is 18.3 Å². The van der Waals surface area contributed by atoms with Crippen LogP contribution in [0.4, 0.5) is 0 Å². The Kier molecular flexibility index (Phi) is 3.08. The Labute approximate surface area is 97.2 Å². The summed E-state index contributed by atoms with van der Waals surface area (Å²) in [6.45, 7) is 6.97. The van der Waals surface area contributed by atoms with Crippen molar-refractivity contribution < 1.29 is 9.15 Å². The molecule has 0 radical (unpaired) electrons. The van der Waals surface area contributed by atoms with Crippen LogP contribution < -0.4 is 5.32 Å². The van der Waals surface area contributed by atoms with Gasteiger partial charge in [0, 0.05) is 18.2 Å². The predicted molar refractivity (Wildman–Crippen MR) is 63.6 cm³/mol. The molecule has 90 valence electrons. The second kappa shape index (κ2) is 4.22. The lowest BCUT2D eigenvalue weighted by atomic mass is 9.86. The lowest BCUT2D eigenvalue weighted by Gasteiger charge is -2.38. The Morgan fingerprint density at radius 3 is 2.75 bits per heavy atom. The zero-order valence-corrected chi connectivity index (χ0v) is 10.6. The first-order valence-electron chi connectivity index (χ1n) is 5.94. The molecule has 1 aromatic heterocycles. The van der Waals surface area contributed by atoms with E-state index in [4.69, 9.17) is 9.15 Å². The molecule has 1 aliphatic rings. The van der Waals surface area contributed by atoms with E-state index in [1.54, 1.807) is 0 Å². The maximum absolute atomic E-state index is 5.98. The van der Waals surface area contributed by atoms with E-state index in [9.17, 15) is 0 Å². The summed E-state index contributed by atoms with van der Waals surface area (Å²) in [5.41, 5.74) is 0.998. The van der Waals surface area contributed by atoms with Gasteiger partial charge in [-0.25, -0.2) is 0 Å². The van der Waals surface area contributed by atoms with Crippen LogP contribution in [0.15, 0.2) is 10.5 Å². The number of aryl methyl sites for hydroxylation is 2. The largest absolute Gasteiger partial charge is 0.466 e. The van der Waals surface area contributed by atoms with Gasteiger partial charge in [-0.05, 0) is 46.7 Å². The molecule has 2 heterocycles. The molecule has 2 rings (SSSR count). The quantitative estimate of drug-likeness (QED) is 0.836. The van der Waals surface area contributed by atoms with Crippen LogP contribution >= 0.6 is 0 Å². The van der Waals surface area contributed by atoms with Crippen LogP contribution in [0.5, 0.6) is 0 Å². The number of ether oxygens (including phenoxy) is 1. The lowest BCUT2D eigenvalue weighted by molar-refractivity contribution is -0.0811. The van der Waals surface area contributed by atoms with Gasteiger partial charge < -0.3 is 14.5 Å². The molecule has 1 N–H and O–H groups in total. The summed E-state index contributed by atoms with van der Waals surface area (Å²) in [6, 6.07) is 2.64. The molecule has 0 bridgehead atoms. The molecule has 1 fully saturated rings. The Morgan fingerprint density at radius 1 is 1.44 bits per heavy atom. The topological polar surface area (TPSA) is 34.4 Å². The third-order valence-electron chi connectivity index (χ3n) is 3.54. The molecule has 0 spiro atoms. The monoisotopic (exact) mass is 223 g/mol. The number of nitrogens with one attached hydrogen (secondary N) is 1. The number of hydrogen-bond donors (Lipinski definition) is 1. The van der Waals surface area contributed by atoms with Gasteiger partial charge in [-0.2, -0.15) is 0 Å². The van der Waals surface area contributed by atoms with Gasteiger partial charge in [-0.15, -0.1) is 0 Å². The first-order chi connectivity index (χ1) is 7.55. The normalized spacial score (nSPS) is 30.6. The summed E-state index contributed by atoms with van der Waals surface area (Å²) < 4.78 is 11.6. The van der Waals surface area contributed by atoms with Gasteiger partial charge in [0.25, 0.3) is 0 Å². The fourth-order valence-electron chi connectivity index (χ4n) is 2.65. The van der Waals surface area contributed by atoms with Crippen LogP contribution in [0.25, 0.3) is 0 Å². The highest BCUT2D eigenvalue weighted by Crippen LogP contribution is 2.37. The van der Waals surface area contributed by atoms with E-state index in [-0.39, 0.29) is 5.60 Å². The highest BCUT2D eigenvalue weighted by molar-refractivity contribution is 5.27. The Balaban J connectivity index is 2.27. The van der Waals surface area contributed by atoms with Crippen molar-refractivity contribution in [3.63, 3.8) is 0 Å². The maximum atomic E-state index is 5.98. The SMILES string of the molecule is CNC1CCOC(C)(c2cc(C)oc2C)C1. The van der Waals surface area contributed by atoms with Gasteiger partial charge >= 0.3 is 0 Å². The minimum absolute atomic E-state index is 0.201. The van der Waals surface area contributed by atoms with Crippen LogP contribution in [0.1, 0.15) is 36.8 Å². The lowest BCUT2D eigenvalue weighted by Crippen LogP contribution is -2.42. The zero-order valence-electron chi connectivity index (χ0n) is 10.6. The smallest absolute Gasteiger partial charge is 0.107 e. The number of hydrogen-bond acceptors (Lipinski definition) is 3. The molecule has 3 heteroatoms. The van der Waals surface area contributed by atoms with E-state index in [1.165, 1.54) is 5.56 Å². The molecule has 0 amide bonds. The van der Waals surface area contributed by atoms with Crippen LogP contribution in [0, 0.1) is 13.8 Å². The van der Waals surface area contributed by atoms with Crippen molar-refractivity contribution in [2.75, 3.05) is 13.7 Å². The summed E-state index contributed by atoms with van der Waals surface area (Å²) >= 11 is 0. The fourth-order valence-corrected chi connectivity index (χ4v) is 2.65. The minimum Gasteiger partial charge on any atom is -0.466 e. The number of furan rings is 1. The highest BCUT2D eigenvalue weighted by Gasteiger charge is 2.36. The summed E-state index contributed by atoms with van der Waals surface area (Å²) in [5, 5.41) is 3.34. The molecule has 3 nitrogen and oxygen atoms in total. The highest BCUT2D eigenvalue weighted by atomic mass is 16.5. The van der Waals surface area contributed by atoms with Crippen LogP contribution in [0.2, 0.25) is 0 Å². The molecule has 1 saturated heterocycles. The summed E-state index contributed by atoms with van der Waals surface area (Å²) in [6.07, 6.45) is 2.09. The Bertz CT molecular complexity index is 372. The average Bonchev–Trinajstić information content (AvgIpc) is 2.58. The van der Waals surface area contributed by atoms with E-state index >= 15 is 0 Å². The van der Waals surface area contributed by atoms with Crippen molar-refractivity contribution in [2.45, 2.75) is 45.3 Å². The first-order valence-corrected chi connectivity index (χ1v) is 5.94. The average molecular weight is 223 g/mol. The van der Waals surface area contributed by atoms with Crippen molar-refractivity contribution in [1.29, 1.82) is 0 Å². The molecule has 0 saturated carbocycles. The third-order valence-corrected chi connectivity index (χ3v) is 3.54. The van der Waals surface area contributed by atoms with Crippen molar-refractivity contribution in [2.24, 2.45) is 0 Å². The summed E-state index contributed by atoms with van der Waals surface area (Å²) in [4.78, 5) is 0. The second-order valence-electron chi connectivity index (χ2n) is 4.88. The molecule has 0 aromatic carbocycles. The molecule has 1 aliphatic heterocycles. The van der Waals surface area contributed by atoms with Crippen LogP contribution in [-0.4, -0.2) is 19.7 Å². The van der Waals surface area contributed by atoms with Gasteiger partial charge in [0.1, 0.15) is 11.5 Å². The molecular formula is C13H21NO2.